The first-order chi connectivity index (χ1) is 15.6. The Morgan fingerprint density at radius 1 is 1.09 bits per heavy atom. The van der Waals surface area contributed by atoms with E-state index in [9.17, 15) is 4.79 Å². The zero-order valence-electron chi connectivity index (χ0n) is 18.7. The molecule has 0 saturated heterocycles. The third-order valence-corrected chi connectivity index (χ3v) is 6.46. The number of nitrogens with one attached hydrogen (secondary N) is 1. The van der Waals surface area contributed by atoms with Gasteiger partial charge in [0.15, 0.2) is 0 Å². The van der Waals surface area contributed by atoms with E-state index in [1.54, 1.807) is 16.7 Å². The lowest BCUT2D eigenvalue weighted by Crippen LogP contribution is -2.46. The van der Waals surface area contributed by atoms with Crippen LogP contribution in [-0.4, -0.2) is 33.9 Å². The van der Waals surface area contributed by atoms with Crippen molar-refractivity contribution < 1.29 is 9.32 Å². The summed E-state index contributed by atoms with van der Waals surface area (Å²) in [5.41, 5.74) is 3.57. The first-order valence-corrected chi connectivity index (χ1v) is 12.2. The molecule has 0 spiro atoms. The Morgan fingerprint density at radius 2 is 1.84 bits per heavy atom. The minimum absolute atomic E-state index is 0.0939. The van der Waals surface area contributed by atoms with Crippen LogP contribution in [0.4, 0.5) is 4.79 Å². The number of rotatable bonds is 8. The summed E-state index contributed by atoms with van der Waals surface area (Å²) in [6.45, 7) is 4.78. The summed E-state index contributed by atoms with van der Waals surface area (Å²) in [5, 5.41) is 7.39. The highest BCUT2D eigenvalue weighted by atomic mass is 32.2. The molecule has 7 heteroatoms. The fraction of sp³-hybridized carbons (Fsp3) is 0.320. The number of urea groups is 1. The summed E-state index contributed by atoms with van der Waals surface area (Å²) in [7, 11) is 0. The van der Waals surface area contributed by atoms with E-state index >= 15 is 0 Å². The highest BCUT2D eigenvalue weighted by Crippen LogP contribution is 2.37. The van der Waals surface area contributed by atoms with Crippen molar-refractivity contribution in [1.29, 1.82) is 0 Å². The Hall–Kier alpha value is -3.06. The third kappa shape index (κ3) is 4.58. The second-order valence-electron chi connectivity index (χ2n) is 7.80. The van der Waals surface area contributed by atoms with E-state index in [0.717, 1.165) is 41.7 Å². The number of benzene rings is 2. The van der Waals surface area contributed by atoms with Crippen LogP contribution in [0.25, 0.3) is 17.0 Å². The Balaban J connectivity index is 1.74. The average Bonchev–Trinajstić information content (AvgIpc) is 3.31. The lowest BCUT2D eigenvalue weighted by atomic mass is 9.94. The van der Waals surface area contributed by atoms with Crippen molar-refractivity contribution in [2.75, 3.05) is 12.8 Å². The van der Waals surface area contributed by atoms with Gasteiger partial charge in [0, 0.05) is 22.7 Å². The van der Waals surface area contributed by atoms with E-state index in [-0.39, 0.29) is 12.1 Å². The number of nitrogens with zero attached hydrogens (tertiary/aromatic N) is 3. The predicted molar refractivity (Wildman–Crippen MR) is 128 cm³/mol. The van der Waals surface area contributed by atoms with Crippen LogP contribution in [0.5, 0.6) is 0 Å². The van der Waals surface area contributed by atoms with E-state index in [0.29, 0.717) is 18.3 Å². The number of carbonyl (C=O) groups is 1. The van der Waals surface area contributed by atoms with Gasteiger partial charge in [0.05, 0.1) is 11.6 Å². The molecular formula is C25H28N4O2S. The molecule has 32 heavy (non-hydrogen) atoms. The standard InChI is InChI=1S/C25H28N4O2S/c1-4-5-9-16-29-17(2)21(22(26-25(29)30)18-10-7-6-8-11-18)24-27-23(28-31-24)19-12-14-20(32-3)15-13-19/h6-8,10-15,22H,4-5,9,16H2,1-3H3,(H,26,30). The highest BCUT2D eigenvalue weighted by molar-refractivity contribution is 7.98. The van der Waals surface area contributed by atoms with Crippen LogP contribution < -0.4 is 5.32 Å². The molecule has 1 aromatic heterocycles. The number of hydrogen-bond donors (Lipinski definition) is 1. The lowest BCUT2D eigenvalue weighted by molar-refractivity contribution is 0.204. The minimum Gasteiger partial charge on any atom is -0.334 e. The smallest absolute Gasteiger partial charge is 0.322 e. The predicted octanol–water partition coefficient (Wildman–Crippen LogP) is 6.15. The minimum atomic E-state index is -0.349. The fourth-order valence-corrected chi connectivity index (χ4v) is 4.34. The Labute approximate surface area is 193 Å². The van der Waals surface area contributed by atoms with Crippen molar-refractivity contribution in [3.8, 4) is 11.4 Å². The molecule has 0 aliphatic carbocycles. The Kier molecular flexibility index (Phi) is 6.95. The van der Waals surface area contributed by atoms with Crippen molar-refractivity contribution in [2.45, 2.75) is 44.0 Å². The van der Waals surface area contributed by atoms with E-state index in [2.05, 4.69) is 17.4 Å². The zero-order chi connectivity index (χ0) is 22.5. The number of unbranched alkanes of at least 4 members (excludes halogenated alkanes) is 2. The number of thioether (sulfide) groups is 1. The van der Waals surface area contributed by atoms with Crippen LogP contribution in [0.1, 0.15) is 50.6 Å². The van der Waals surface area contributed by atoms with Gasteiger partial charge in [-0.05, 0) is 49.4 Å². The Morgan fingerprint density at radius 3 is 2.53 bits per heavy atom. The van der Waals surface area contributed by atoms with E-state index in [4.69, 9.17) is 9.51 Å². The molecule has 1 aliphatic heterocycles. The normalized spacial score (nSPS) is 16.4. The molecule has 166 valence electrons. The van der Waals surface area contributed by atoms with Crippen molar-refractivity contribution in [2.24, 2.45) is 0 Å². The molecule has 1 atom stereocenters. The lowest BCUT2D eigenvalue weighted by Gasteiger charge is -2.35. The molecule has 2 amide bonds. The maximum absolute atomic E-state index is 13.0. The van der Waals surface area contributed by atoms with E-state index in [1.165, 1.54) is 4.90 Å². The quantitative estimate of drug-likeness (QED) is 0.331. The number of allylic oxidation sites excluding steroid dienone is 1. The van der Waals surface area contributed by atoms with Gasteiger partial charge in [-0.25, -0.2) is 4.79 Å². The van der Waals surface area contributed by atoms with Gasteiger partial charge >= 0.3 is 6.03 Å². The summed E-state index contributed by atoms with van der Waals surface area (Å²) in [6.07, 6.45) is 5.16. The monoisotopic (exact) mass is 448 g/mol. The molecule has 4 rings (SSSR count). The van der Waals surface area contributed by atoms with Crippen LogP contribution in [0, 0.1) is 0 Å². The zero-order valence-corrected chi connectivity index (χ0v) is 19.5. The second kappa shape index (κ2) is 10.0. The number of aromatic nitrogens is 2. The van der Waals surface area contributed by atoms with Crippen molar-refractivity contribution in [3.63, 3.8) is 0 Å². The molecule has 1 aliphatic rings. The molecule has 2 aromatic carbocycles. The number of amides is 2. The van der Waals surface area contributed by atoms with Gasteiger partial charge in [0.1, 0.15) is 0 Å². The van der Waals surface area contributed by atoms with E-state index < -0.39 is 0 Å². The number of carbonyl (C=O) groups excluding carboxylic acids is 1. The Bertz CT molecular complexity index is 1090. The van der Waals surface area contributed by atoms with Crippen molar-refractivity contribution in [1.82, 2.24) is 20.4 Å². The summed E-state index contributed by atoms with van der Waals surface area (Å²) in [5.74, 6) is 0.968. The first-order valence-electron chi connectivity index (χ1n) is 10.9. The molecule has 2 heterocycles. The first kappa shape index (κ1) is 22.1. The van der Waals surface area contributed by atoms with Gasteiger partial charge in [-0.2, -0.15) is 4.98 Å². The SMILES string of the molecule is CCCCCN1C(=O)NC(c2ccccc2)C(c2nc(-c3ccc(SC)cc3)no2)=C1C. The average molecular weight is 449 g/mol. The topological polar surface area (TPSA) is 71.3 Å². The largest absolute Gasteiger partial charge is 0.334 e. The molecular weight excluding hydrogens is 420 g/mol. The number of hydrogen-bond acceptors (Lipinski definition) is 5. The second-order valence-corrected chi connectivity index (χ2v) is 8.68. The third-order valence-electron chi connectivity index (χ3n) is 5.72. The molecule has 0 bridgehead atoms. The molecule has 0 radical (unpaired) electrons. The van der Waals surface area contributed by atoms with Crippen LogP contribution in [-0.2, 0) is 0 Å². The molecule has 0 saturated carbocycles. The van der Waals surface area contributed by atoms with Gasteiger partial charge in [0.25, 0.3) is 5.89 Å². The fourth-order valence-electron chi connectivity index (χ4n) is 3.93. The van der Waals surface area contributed by atoms with Crippen LogP contribution >= 0.6 is 11.8 Å². The summed E-state index contributed by atoms with van der Waals surface area (Å²) in [6, 6.07) is 17.5. The maximum Gasteiger partial charge on any atom is 0.322 e. The molecule has 6 nitrogen and oxygen atoms in total. The highest BCUT2D eigenvalue weighted by Gasteiger charge is 2.35. The maximum atomic E-state index is 13.0. The summed E-state index contributed by atoms with van der Waals surface area (Å²) >= 11 is 1.69. The molecule has 3 aromatic rings. The molecule has 1 unspecified atom stereocenters. The summed E-state index contributed by atoms with van der Waals surface area (Å²) in [4.78, 5) is 20.7. The van der Waals surface area contributed by atoms with Crippen LogP contribution in [0.3, 0.4) is 0 Å². The van der Waals surface area contributed by atoms with Gasteiger partial charge in [-0.3, -0.25) is 4.90 Å². The van der Waals surface area contributed by atoms with Gasteiger partial charge < -0.3 is 9.84 Å². The van der Waals surface area contributed by atoms with Gasteiger partial charge in [-0.1, -0.05) is 55.3 Å². The van der Waals surface area contributed by atoms with Crippen molar-refractivity contribution >= 4 is 23.4 Å². The van der Waals surface area contributed by atoms with Gasteiger partial charge in [-0.15, -0.1) is 11.8 Å². The van der Waals surface area contributed by atoms with Crippen LogP contribution in [0.15, 0.2) is 69.7 Å². The molecule has 1 N–H and O–H groups in total. The summed E-state index contributed by atoms with van der Waals surface area (Å²) < 4.78 is 5.74. The van der Waals surface area contributed by atoms with E-state index in [1.807, 2.05) is 67.8 Å². The van der Waals surface area contributed by atoms with Crippen molar-refractivity contribution in [3.05, 3.63) is 71.7 Å². The van der Waals surface area contributed by atoms with Crippen LogP contribution in [0.2, 0.25) is 0 Å². The molecule has 0 fully saturated rings. The van der Waals surface area contributed by atoms with Gasteiger partial charge in [0.2, 0.25) is 5.82 Å².